The topological polar surface area (TPSA) is 51.5 Å². The number of fused-ring (bicyclic) bond motifs is 1. The molecule has 0 aliphatic carbocycles. The first-order valence-electron chi connectivity index (χ1n) is 8.08. The first kappa shape index (κ1) is 18.0. The number of rotatable bonds is 7. The molecule has 1 aromatic heterocycles. The lowest BCUT2D eigenvalue weighted by molar-refractivity contribution is 0.246. The Kier molecular flexibility index (Phi) is 6.25. The summed E-state index contributed by atoms with van der Waals surface area (Å²) in [5.41, 5.74) is 0.485. The molecule has 5 heteroatoms. The number of halogens is 1. The number of nitrogens with zero attached hydrogens (tertiary/aromatic N) is 1. The van der Waals surface area contributed by atoms with Crippen LogP contribution >= 0.6 is 15.9 Å². The second-order valence-corrected chi connectivity index (χ2v) is 7.05. The van der Waals surface area contributed by atoms with Crippen molar-refractivity contribution in [2.75, 3.05) is 6.61 Å². The average molecular weight is 382 g/mol. The summed E-state index contributed by atoms with van der Waals surface area (Å²) >= 11 is 3.45. The second kappa shape index (κ2) is 7.97. The molecular formula is C18H24BrNO3. The number of benzene rings is 1. The van der Waals surface area contributed by atoms with Gasteiger partial charge in [-0.25, -0.2) is 0 Å². The van der Waals surface area contributed by atoms with Crippen molar-refractivity contribution in [1.29, 1.82) is 0 Å². The number of unbranched alkanes of at least 4 members (excludes halogenated alkanes) is 1. The number of aliphatic hydroxyl groups excluding tert-OH is 1. The van der Waals surface area contributed by atoms with Gasteiger partial charge >= 0.3 is 0 Å². The Balaban J connectivity index is 2.72. The second-order valence-electron chi connectivity index (χ2n) is 6.14. The zero-order chi connectivity index (χ0) is 17.0. The van der Waals surface area contributed by atoms with Gasteiger partial charge in [0.1, 0.15) is 5.75 Å². The van der Waals surface area contributed by atoms with E-state index in [2.05, 4.69) is 36.7 Å². The maximum atomic E-state index is 12.8. The molecule has 0 bridgehead atoms. The molecular weight excluding hydrogens is 358 g/mol. The van der Waals surface area contributed by atoms with E-state index in [4.69, 9.17) is 4.74 Å². The molecule has 1 aromatic carbocycles. The fraction of sp³-hybridized carbons (Fsp3) is 0.500. The summed E-state index contributed by atoms with van der Waals surface area (Å²) in [5, 5.41) is 11.2. The Morgan fingerprint density at radius 1 is 1.30 bits per heavy atom. The molecule has 0 amide bonds. The van der Waals surface area contributed by atoms with E-state index in [1.165, 1.54) is 0 Å². The lowest BCUT2D eigenvalue weighted by atomic mass is 10.1. The smallest absolute Gasteiger partial charge is 0.258 e. The fourth-order valence-corrected chi connectivity index (χ4v) is 2.99. The zero-order valence-corrected chi connectivity index (χ0v) is 15.5. The molecule has 23 heavy (non-hydrogen) atoms. The number of ether oxygens (including phenoxy) is 1. The van der Waals surface area contributed by atoms with E-state index in [0.717, 1.165) is 22.7 Å². The Morgan fingerprint density at radius 2 is 2.04 bits per heavy atom. The summed E-state index contributed by atoms with van der Waals surface area (Å²) in [7, 11) is 0. The van der Waals surface area contributed by atoms with Crippen LogP contribution in [0.3, 0.4) is 0 Å². The summed E-state index contributed by atoms with van der Waals surface area (Å²) in [5.74, 6) is 0.923. The predicted octanol–water partition coefficient (Wildman–Crippen LogP) is 4.09. The van der Waals surface area contributed by atoms with Crippen LogP contribution in [-0.4, -0.2) is 16.3 Å². The van der Waals surface area contributed by atoms with Crippen LogP contribution in [0.4, 0.5) is 0 Å². The molecule has 126 valence electrons. The van der Waals surface area contributed by atoms with Crippen molar-refractivity contribution in [3.8, 4) is 5.75 Å². The van der Waals surface area contributed by atoms with Crippen molar-refractivity contribution in [1.82, 2.24) is 4.57 Å². The highest BCUT2D eigenvalue weighted by molar-refractivity contribution is 9.10. The minimum Gasteiger partial charge on any atom is -0.491 e. The number of aromatic nitrogens is 1. The lowest BCUT2D eigenvalue weighted by Crippen LogP contribution is -2.27. The first-order chi connectivity index (χ1) is 11.0. The third-order valence-corrected chi connectivity index (χ3v) is 4.22. The molecule has 0 aliphatic heterocycles. The van der Waals surface area contributed by atoms with Gasteiger partial charge in [-0.05, 0) is 30.5 Å². The van der Waals surface area contributed by atoms with Crippen molar-refractivity contribution in [2.45, 2.75) is 46.8 Å². The molecule has 0 saturated heterocycles. The van der Waals surface area contributed by atoms with Crippen molar-refractivity contribution in [2.24, 2.45) is 5.92 Å². The summed E-state index contributed by atoms with van der Waals surface area (Å²) in [6, 6.07) is 5.56. The van der Waals surface area contributed by atoms with Crippen molar-refractivity contribution in [3.05, 3.63) is 38.7 Å². The summed E-state index contributed by atoms with van der Waals surface area (Å²) in [6.07, 6.45) is 1.96. The molecule has 0 fully saturated rings. The number of hydrogen-bond acceptors (Lipinski definition) is 3. The predicted molar refractivity (Wildman–Crippen MR) is 97.1 cm³/mol. The van der Waals surface area contributed by atoms with Gasteiger partial charge in [0.2, 0.25) is 0 Å². The summed E-state index contributed by atoms with van der Waals surface area (Å²) < 4.78 is 8.51. The van der Waals surface area contributed by atoms with Gasteiger partial charge in [-0.15, -0.1) is 0 Å². The minimum absolute atomic E-state index is 0.0758. The van der Waals surface area contributed by atoms with Crippen LogP contribution < -0.4 is 10.3 Å². The van der Waals surface area contributed by atoms with Crippen molar-refractivity contribution >= 4 is 26.7 Å². The molecule has 0 spiro atoms. The number of pyridine rings is 1. The summed E-state index contributed by atoms with van der Waals surface area (Å²) in [4.78, 5) is 12.8. The van der Waals surface area contributed by atoms with Gasteiger partial charge in [-0.2, -0.15) is 0 Å². The molecule has 0 saturated carbocycles. The fourth-order valence-electron chi connectivity index (χ4n) is 2.63. The van der Waals surface area contributed by atoms with Crippen LogP contribution in [0.5, 0.6) is 5.75 Å². The van der Waals surface area contributed by atoms with E-state index < -0.39 is 0 Å². The van der Waals surface area contributed by atoms with Crippen LogP contribution in [-0.2, 0) is 13.2 Å². The SMILES string of the molecule is CCCCOc1c(CO)n(CC(C)C)c(=O)c2ccc(Br)cc12. The number of hydrogen-bond donors (Lipinski definition) is 1. The highest BCUT2D eigenvalue weighted by Crippen LogP contribution is 2.31. The number of aliphatic hydroxyl groups is 1. The largest absolute Gasteiger partial charge is 0.491 e. The van der Waals surface area contributed by atoms with Crippen LogP contribution in [0.1, 0.15) is 39.3 Å². The highest BCUT2D eigenvalue weighted by atomic mass is 79.9. The van der Waals surface area contributed by atoms with Crippen molar-refractivity contribution in [3.63, 3.8) is 0 Å². The highest BCUT2D eigenvalue weighted by Gasteiger charge is 2.18. The van der Waals surface area contributed by atoms with Gasteiger partial charge in [-0.1, -0.05) is 43.1 Å². The Morgan fingerprint density at radius 3 is 2.65 bits per heavy atom. The van der Waals surface area contributed by atoms with Gasteiger partial charge in [0.25, 0.3) is 5.56 Å². The van der Waals surface area contributed by atoms with E-state index >= 15 is 0 Å². The quantitative estimate of drug-likeness (QED) is 0.734. The van der Waals surface area contributed by atoms with Crippen molar-refractivity contribution < 1.29 is 9.84 Å². The molecule has 0 unspecified atom stereocenters. The Hall–Kier alpha value is -1.33. The molecule has 1 N–H and O–H groups in total. The van der Waals surface area contributed by atoms with Crippen LogP contribution in [0.25, 0.3) is 10.8 Å². The lowest BCUT2D eigenvalue weighted by Gasteiger charge is -2.20. The van der Waals surface area contributed by atoms with E-state index in [9.17, 15) is 9.90 Å². The van der Waals surface area contributed by atoms with Gasteiger partial charge in [0.05, 0.1) is 24.3 Å². The normalized spacial score (nSPS) is 11.4. The zero-order valence-electron chi connectivity index (χ0n) is 13.9. The summed E-state index contributed by atoms with van der Waals surface area (Å²) in [6.45, 7) is 7.13. The third kappa shape index (κ3) is 3.96. The molecule has 0 atom stereocenters. The maximum Gasteiger partial charge on any atom is 0.258 e. The van der Waals surface area contributed by atoms with Gasteiger partial charge < -0.3 is 14.4 Å². The molecule has 2 rings (SSSR count). The van der Waals surface area contributed by atoms with Gasteiger partial charge in [-0.3, -0.25) is 4.79 Å². The molecule has 0 aliphatic rings. The average Bonchev–Trinajstić information content (AvgIpc) is 2.51. The first-order valence-corrected chi connectivity index (χ1v) is 8.87. The molecule has 0 radical (unpaired) electrons. The standard InChI is InChI=1S/C18H24BrNO3/c1-4-5-8-23-17-15-9-13(19)6-7-14(15)18(22)20(10-12(2)3)16(17)11-21/h6-7,9,12,21H,4-5,8,10-11H2,1-3H3. The van der Waals surface area contributed by atoms with Gasteiger partial charge in [0.15, 0.2) is 0 Å². The van der Waals surface area contributed by atoms with E-state index in [0.29, 0.717) is 35.9 Å². The van der Waals surface area contributed by atoms with E-state index in [-0.39, 0.29) is 12.2 Å². The molecule has 4 nitrogen and oxygen atoms in total. The van der Waals surface area contributed by atoms with E-state index in [1.807, 2.05) is 18.2 Å². The third-order valence-electron chi connectivity index (χ3n) is 3.73. The monoisotopic (exact) mass is 381 g/mol. The molecule has 1 heterocycles. The maximum absolute atomic E-state index is 12.8. The van der Waals surface area contributed by atoms with Crippen LogP contribution in [0.15, 0.2) is 27.5 Å². The Labute approximate surface area is 145 Å². The van der Waals surface area contributed by atoms with Crippen LogP contribution in [0, 0.1) is 5.92 Å². The minimum atomic E-state index is -0.216. The Bertz CT molecular complexity index is 737. The van der Waals surface area contributed by atoms with E-state index in [1.54, 1.807) is 4.57 Å². The van der Waals surface area contributed by atoms with Crippen LogP contribution in [0.2, 0.25) is 0 Å². The van der Waals surface area contributed by atoms with Gasteiger partial charge in [0, 0.05) is 16.4 Å². The molecule has 2 aromatic rings.